The van der Waals surface area contributed by atoms with E-state index in [4.69, 9.17) is 5.73 Å². The zero-order valence-corrected chi connectivity index (χ0v) is 15.0. The van der Waals surface area contributed by atoms with Crippen LogP contribution in [0.5, 0.6) is 0 Å². The number of carbonyl (C=O) groups is 1. The highest BCUT2D eigenvalue weighted by molar-refractivity contribution is 6.01. The standard InChI is InChI=1S/C18H18F4N2O.ClH/c1-17(2,23)10-24-16(25)15-9-13(19)6-7-14(15)11-4-3-5-12(8-11)18(20,21)22;/h3-9H,10,23H2,1-2H3,(H,24,25);1H. The molecule has 2 aromatic carbocycles. The Labute approximate surface area is 155 Å². The number of nitrogens with one attached hydrogen (secondary N) is 1. The van der Waals surface area contributed by atoms with Crippen molar-refractivity contribution in [1.29, 1.82) is 0 Å². The van der Waals surface area contributed by atoms with E-state index in [0.717, 1.165) is 24.3 Å². The number of hydrogen-bond acceptors (Lipinski definition) is 2. The highest BCUT2D eigenvalue weighted by Gasteiger charge is 2.30. The largest absolute Gasteiger partial charge is 0.416 e. The minimum atomic E-state index is -4.51. The molecule has 0 aromatic heterocycles. The summed E-state index contributed by atoms with van der Waals surface area (Å²) in [6.07, 6.45) is -4.51. The zero-order chi connectivity index (χ0) is 18.8. The monoisotopic (exact) mass is 390 g/mol. The molecule has 142 valence electrons. The van der Waals surface area contributed by atoms with Gasteiger partial charge in [0, 0.05) is 12.1 Å². The maximum absolute atomic E-state index is 13.6. The van der Waals surface area contributed by atoms with E-state index in [0.29, 0.717) is 0 Å². The van der Waals surface area contributed by atoms with Crippen LogP contribution in [-0.2, 0) is 6.18 Å². The number of alkyl halides is 3. The van der Waals surface area contributed by atoms with Crippen molar-refractivity contribution in [2.75, 3.05) is 6.54 Å². The van der Waals surface area contributed by atoms with Crippen molar-refractivity contribution in [2.45, 2.75) is 25.6 Å². The van der Waals surface area contributed by atoms with Gasteiger partial charge in [0.15, 0.2) is 0 Å². The molecule has 0 unspecified atom stereocenters. The lowest BCUT2D eigenvalue weighted by atomic mass is 9.97. The molecule has 0 aliphatic carbocycles. The van der Waals surface area contributed by atoms with Crippen LogP contribution in [0.1, 0.15) is 29.8 Å². The molecule has 2 aromatic rings. The number of hydrogen-bond donors (Lipinski definition) is 2. The number of benzene rings is 2. The first kappa shape index (κ1) is 21.9. The topological polar surface area (TPSA) is 55.1 Å². The Morgan fingerprint density at radius 2 is 1.77 bits per heavy atom. The van der Waals surface area contributed by atoms with Crippen LogP contribution < -0.4 is 11.1 Å². The Kier molecular flexibility index (Phi) is 6.79. The van der Waals surface area contributed by atoms with Gasteiger partial charge in [-0.05, 0) is 49.2 Å². The summed E-state index contributed by atoms with van der Waals surface area (Å²) in [6.45, 7) is 3.53. The molecule has 0 bridgehead atoms. The Balaban J connectivity index is 0.00000338. The van der Waals surface area contributed by atoms with Crippen molar-refractivity contribution in [1.82, 2.24) is 5.32 Å². The predicted molar refractivity (Wildman–Crippen MR) is 94.7 cm³/mol. The molecule has 1 amide bonds. The first-order chi connectivity index (χ1) is 11.5. The van der Waals surface area contributed by atoms with Crippen LogP contribution in [-0.4, -0.2) is 18.0 Å². The van der Waals surface area contributed by atoms with Crippen LogP contribution in [0.3, 0.4) is 0 Å². The first-order valence-electron chi connectivity index (χ1n) is 7.52. The lowest BCUT2D eigenvalue weighted by Gasteiger charge is -2.20. The SMILES string of the molecule is CC(C)(N)CNC(=O)c1cc(F)ccc1-c1cccc(C(F)(F)F)c1.Cl. The number of rotatable bonds is 4. The number of carbonyl (C=O) groups excluding carboxylic acids is 1. The summed E-state index contributed by atoms with van der Waals surface area (Å²) < 4.78 is 52.3. The molecule has 0 radical (unpaired) electrons. The third-order valence-electron chi connectivity index (χ3n) is 3.43. The number of amides is 1. The molecule has 3 nitrogen and oxygen atoms in total. The van der Waals surface area contributed by atoms with E-state index in [9.17, 15) is 22.4 Å². The summed E-state index contributed by atoms with van der Waals surface area (Å²) >= 11 is 0. The Hall–Kier alpha value is -2.12. The quantitative estimate of drug-likeness (QED) is 0.760. The van der Waals surface area contributed by atoms with Crippen molar-refractivity contribution in [2.24, 2.45) is 5.73 Å². The van der Waals surface area contributed by atoms with E-state index in [2.05, 4.69) is 5.32 Å². The molecule has 0 atom stereocenters. The molecule has 2 rings (SSSR count). The van der Waals surface area contributed by atoms with Gasteiger partial charge in [-0.3, -0.25) is 4.79 Å². The fourth-order valence-electron chi connectivity index (χ4n) is 2.22. The van der Waals surface area contributed by atoms with E-state index < -0.39 is 29.0 Å². The summed E-state index contributed by atoms with van der Waals surface area (Å²) in [5, 5.41) is 2.57. The lowest BCUT2D eigenvalue weighted by molar-refractivity contribution is -0.137. The Bertz CT molecular complexity index is 785. The van der Waals surface area contributed by atoms with Crippen LogP contribution >= 0.6 is 12.4 Å². The Morgan fingerprint density at radius 3 is 2.35 bits per heavy atom. The van der Waals surface area contributed by atoms with Gasteiger partial charge < -0.3 is 11.1 Å². The normalized spacial score (nSPS) is 11.7. The molecule has 0 spiro atoms. The van der Waals surface area contributed by atoms with Gasteiger partial charge in [-0.25, -0.2) is 4.39 Å². The molecular formula is C18H19ClF4N2O. The van der Waals surface area contributed by atoms with Crippen molar-refractivity contribution in [3.63, 3.8) is 0 Å². The highest BCUT2D eigenvalue weighted by Crippen LogP contribution is 2.33. The first-order valence-corrected chi connectivity index (χ1v) is 7.52. The fourth-order valence-corrected chi connectivity index (χ4v) is 2.22. The van der Waals surface area contributed by atoms with E-state index in [1.807, 2.05) is 0 Å². The van der Waals surface area contributed by atoms with Gasteiger partial charge in [0.1, 0.15) is 5.82 Å². The highest BCUT2D eigenvalue weighted by atomic mass is 35.5. The molecular weight excluding hydrogens is 372 g/mol. The summed E-state index contributed by atoms with van der Waals surface area (Å²) in [5.74, 6) is -1.27. The number of nitrogens with two attached hydrogens (primary N) is 1. The summed E-state index contributed by atoms with van der Waals surface area (Å²) in [5.41, 5.74) is 4.60. The van der Waals surface area contributed by atoms with Gasteiger partial charge >= 0.3 is 6.18 Å². The van der Waals surface area contributed by atoms with Crippen molar-refractivity contribution < 1.29 is 22.4 Å². The van der Waals surface area contributed by atoms with Crippen molar-refractivity contribution in [3.8, 4) is 11.1 Å². The molecule has 8 heteroatoms. The average molecular weight is 391 g/mol. The lowest BCUT2D eigenvalue weighted by Crippen LogP contribution is -2.45. The predicted octanol–water partition coefficient (Wildman–Crippen LogP) is 4.40. The second kappa shape index (κ2) is 8.05. The average Bonchev–Trinajstić information content (AvgIpc) is 2.51. The van der Waals surface area contributed by atoms with E-state index >= 15 is 0 Å². The van der Waals surface area contributed by atoms with Crippen LogP contribution in [0.2, 0.25) is 0 Å². The molecule has 3 N–H and O–H groups in total. The van der Waals surface area contributed by atoms with Gasteiger partial charge in [0.25, 0.3) is 5.91 Å². The van der Waals surface area contributed by atoms with Crippen LogP contribution in [0.25, 0.3) is 11.1 Å². The van der Waals surface area contributed by atoms with Crippen LogP contribution in [0.4, 0.5) is 17.6 Å². The smallest absolute Gasteiger partial charge is 0.350 e. The molecule has 0 saturated carbocycles. The second-order valence-electron chi connectivity index (χ2n) is 6.44. The molecule has 0 saturated heterocycles. The van der Waals surface area contributed by atoms with E-state index in [1.54, 1.807) is 13.8 Å². The number of halogens is 5. The van der Waals surface area contributed by atoms with Gasteiger partial charge in [0.2, 0.25) is 0 Å². The maximum Gasteiger partial charge on any atom is 0.416 e. The van der Waals surface area contributed by atoms with E-state index in [1.165, 1.54) is 18.2 Å². The summed E-state index contributed by atoms with van der Waals surface area (Å²) in [6, 6.07) is 7.92. The van der Waals surface area contributed by atoms with Gasteiger partial charge in [-0.2, -0.15) is 13.2 Å². The Morgan fingerprint density at radius 1 is 1.12 bits per heavy atom. The van der Waals surface area contributed by atoms with Crippen molar-refractivity contribution >= 4 is 18.3 Å². The maximum atomic E-state index is 13.6. The fraction of sp³-hybridized carbons (Fsp3) is 0.278. The van der Waals surface area contributed by atoms with Crippen LogP contribution in [0, 0.1) is 5.82 Å². The minimum Gasteiger partial charge on any atom is -0.350 e. The minimum absolute atomic E-state index is 0. The summed E-state index contributed by atoms with van der Waals surface area (Å²) in [4.78, 5) is 12.4. The zero-order valence-electron chi connectivity index (χ0n) is 14.2. The van der Waals surface area contributed by atoms with Gasteiger partial charge in [-0.1, -0.05) is 18.2 Å². The van der Waals surface area contributed by atoms with E-state index in [-0.39, 0.29) is 35.6 Å². The third kappa shape index (κ3) is 5.71. The van der Waals surface area contributed by atoms with Crippen molar-refractivity contribution in [3.05, 3.63) is 59.4 Å². The molecule has 0 fully saturated rings. The molecule has 26 heavy (non-hydrogen) atoms. The summed E-state index contributed by atoms with van der Waals surface area (Å²) in [7, 11) is 0. The molecule has 0 heterocycles. The van der Waals surface area contributed by atoms with Crippen LogP contribution in [0.15, 0.2) is 42.5 Å². The van der Waals surface area contributed by atoms with Gasteiger partial charge in [-0.15, -0.1) is 12.4 Å². The molecule has 0 aliphatic heterocycles. The third-order valence-corrected chi connectivity index (χ3v) is 3.43. The van der Waals surface area contributed by atoms with Gasteiger partial charge in [0.05, 0.1) is 11.1 Å². The molecule has 0 aliphatic rings. The second-order valence-corrected chi connectivity index (χ2v) is 6.44.